The number of carbonyl (C=O) groups excluding carboxylic acids is 1. The summed E-state index contributed by atoms with van der Waals surface area (Å²) in [6, 6.07) is 8.59. The number of ether oxygens (including phenoxy) is 1. The Hall–Kier alpha value is -2.88. The quantitative estimate of drug-likeness (QED) is 0.511. The lowest BCUT2D eigenvalue weighted by Gasteiger charge is -2.09. The summed E-state index contributed by atoms with van der Waals surface area (Å²) >= 11 is 0. The topological polar surface area (TPSA) is 35.1 Å². The average molecular weight is 363 g/mol. The van der Waals surface area contributed by atoms with Gasteiger partial charge in [-0.1, -0.05) is 35.4 Å². The lowest BCUT2D eigenvalue weighted by Crippen LogP contribution is -2.30. The van der Waals surface area contributed by atoms with Crippen LogP contribution in [-0.4, -0.2) is 17.6 Å². The van der Waals surface area contributed by atoms with E-state index in [1.165, 1.54) is 29.4 Å². The summed E-state index contributed by atoms with van der Waals surface area (Å²) < 4.78 is 9.02. The van der Waals surface area contributed by atoms with E-state index >= 15 is 0 Å². The molecule has 4 nitrogen and oxygen atoms in total. The zero-order valence-corrected chi connectivity index (χ0v) is 17.2. The Bertz CT molecular complexity index is 999. The van der Waals surface area contributed by atoms with E-state index in [9.17, 15) is 4.79 Å². The Morgan fingerprint density at radius 1 is 0.852 bits per heavy atom. The highest BCUT2D eigenvalue weighted by atomic mass is 16.5. The van der Waals surface area contributed by atoms with Gasteiger partial charge in [-0.2, -0.15) is 4.57 Å². The zero-order valence-electron chi connectivity index (χ0n) is 17.2. The molecule has 0 fully saturated rings. The molecule has 0 N–H and O–H groups in total. The molecule has 0 atom stereocenters. The second-order valence-corrected chi connectivity index (χ2v) is 7.39. The molecule has 3 rings (SSSR count). The van der Waals surface area contributed by atoms with E-state index in [4.69, 9.17) is 4.74 Å². The molecule has 0 aliphatic rings. The summed E-state index contributed by atoms with van der Waals surface area (Å²) in [5.74, 6) is -0.351. The van der Waals surface area contributed by atoms with Gasteiger partial charge in [-0.05, 0) is 63.8 Å². The summed E-state index contributed by atoms with van der Waals surface area (Å²) in [6.45, 7) is 12.5. The lowest BCUT2D eigenvalue weighted by atomic mass is 10.0. The van der Waals surface area contributed by atoms with Gasteiger partial charge < -0.3 is 4.74 Å². The largest absolute Gasteiger partial charge is 0.463 e. The third-order valence-corrected chi connectivity index (χ3v) is 4.93. The molecule has 0 spiro atoms. The first-order valence-corrected chi connectivity index (χ1v) is 9.11. The van der Waals surface area contributed by atoms with Crippen LogP contribution in [0, 0.1) is 41.5 Å². The second-order valence-electron chi connectivity index (χ2n) is 7.39. The lowest BCUT2D eigenvalue weighted by molar-refractivity contribution is -0.595. The molecular formula is C23H27N2O2+. The highest BCUT2D eigenvalue weighted by Crippen LogP contribution is 2.24. The van der Waals surface area contributed by atoms with Gasteiger partial charge in [0.1, 0.15) is 11.4 Å². The van der Waals surface area contributed by atoms with Crippen LogP contribution in [0.2, 0.25) is 0 Å². The molecule has 1 heterocycles. The van der Waals surface area contributed by atoms with E-state index in [2.05, 4.69) is 65.8 Å². The van der Waals surface area contributed by atoms with E-state index in [1.807, 2.05) is 21.7 Å². The van der Waals surface area contributed by atoms with Gasteiger partial charge in [-0.15, -0.1) is 0 Å². The molecule has 0 amide bonds. The van der Waals surface area contributed by atoms with E-state index in [0.717, 1.165) is 22.5 Å². The predicted octanol–water partition coefficient (Wildman–Crippen LogP) is 4.39. The zero-order chi connectivity index (χ0) is 19.9. The first kappa shape index (κ1) is 18.9. The number of aryl methyl sites for hydroxylation is 6. The van der Waals surface area contributed by atoms with E-state index < -0.39 is 0 Å². The molecule has 0 radical (unpaired) electrons. The Balaban J connectivity index is 2.30. The first-order chi connectivity index (χ1) is 12.7. The van der Waals surface area contributed by atoms with Crippen LogP contribution >= 0.6 is 0 Å². The summed E-state index contributed by atoms with van der Waals surface area (Å²) in [5, 5.41) is 0. The van der Waals surface area contributed by atoms with Crippen molar-refractivity contribution in [3.05, 3.63) is 75.9 Å². The molecule has 140 valence electrons. The summed E-state index contributed by atoms with van der Waals surface area (Å²) in [4.78, 5) is 12.5. The van der Waals surface area contributed by atoms with Crippen molar-refractivity contribution in [1.82, 2.24) is 4.57 Å². The monoisotopic (exact) mass is 363 g/mol. The highest BCUT2D eigenvalue weighted by Gasteiger charge is 2.27. The van der Waals surface area contributed by atoms with Crippen LogP contribution < -0.4 is 4.57 Å². The number of nitrogens with zero attached hydrogens (tertiary/aromatic N) is 2. The molecule has 0 aliphatic carbocycles. The van der Waals surface area contributed by atoms with Gasteiger partial charge in [0.15, 0.2) is 6.20 Å². The third-order valence-electron chi connectivity index (χ3n) is 4.93. The fraction of sp³-hybridized carbons (Fsp3) is 0.304. The van der Waals surface area contributed by atoms with Crippen molar-refractivity contribution in [2.24, 2.45) is 0 Å². The van der Waals surface area contributed by atoms with Crippen molar-refractivity contribution >= 4 is 5.97 Å². The van der Waals surface area contributed by atoms with E-state index in [0.29, 0.717) is 5.69 Å². The first-order valence-electron chi connectivity index (χ1n) is 9.11. The summed E-state index contributed by atoms with van der Waals surface area (Å²) in [7, 11) is 1.42. The molecule has 27 heavy (non-hydrogen) atoms. The fourth-order valence-electron chi connectivity index (χ4n) is 4.10. The standard InChI is InChI=1S/C23H27N2O2/c1-14-8-16(3)21(17(4)9-14)24-12-20(23(26)27-7)25(13-24)22-18(5)10-15(2)11-19(22)6/h8-13H,1-7H3/q+1. The minimum Gasteiger partial charge on any atom is -0.463 e. The number of methoxy groups -OCH3 is 1. The van der Waals surface area contributed by atoms with Crippen LogP contribution in [0.15, 0.2) is 36.8 Å². The van der Waals surface area contributed by atoms with Crippen molar-refractivity contribution in [2.75, 3.05) is 7.11 Å². The smallest absolute Gasteiger partial charge is 0.382 e. The maximum atomic E-state index is 12.5. The van der Waals surface area contributed by atoms with Crippen LogP contribution in [0.4, 0.5) is 0 Å². The molecule has 3 aromatic rings. The van der Waals surface area contributed by atoms with Gasteiger partial charge >= 0.3 is 5.97 Å². The SMILES string of the molecule is COC(=O)c1c[n+](-c2c(C)cc(C)cc2C)cn1-c1c(C)cc(C)cc1C. The van der Waals surface area contributed by atoms with Gasteiger partial charge in [-0.3, -0.25) is 0 Å². The number of rotatable bonds is 3. The van der Waals surface area contributed by atoms with Crippen LogP contribution in [0.1, 0.15) is 43.9 Å². The van der Waals surface area contributed by atoms with Gasteiger partial charge in [0.2, 0.25) is 0 Å². The van der Waals surface area contributed by atoms with Gasteiger partial charge in [0.05, 0.1) is 7.11 Å². The van der Waals surface area contributed by atoms with Crippen LogP contribution in [0.25, 0.3) is 11.4 Å². The van der Waals surface area contributed by atoms with Gasteiger partial charge in [-0.25, -0.2) is 9.36 Å². The Morgan fingerprint density at radius 3 is 1.81 bits per heavy atom. The number of carbonyl (C=O) groups is 1. The second kappa shape index (κ2) is 7.03. The minimum absolute atomic E-state index is 0.351. The number of benzene rings is 2. The predicted molar refractivity (Wildman–Crippen MR) is 107 cm³/mol. The molecule has 0 bridgehead atoms. The maximum Gasteiger partial charge on any atom is 0.382 e. The van der Waals surface area contributed by atoms with Crippen molar-refractivity contribution in [3.8, 4) is 11.4 Å². The molecule has 2 aromatic carbocycles. The van der Waals surface area contributed by atoms with E-state index in [-0.39, 0.29) is 5.97 Å². The molecule has 0 saturated heterocycles. The Labute approximate surface area is 161 Å². The number of hydrogen-bond donors (Lipinski definition) is 0. The van der Waals surface area contributed by atoms with Gasteiger partial charge in [0, 0.05) is 0 Å². The minimum atomic E-state index is -0.351. The summed E-state index contributed by atoms with van der Waals surface area (Å²) in [6.07, 6.45) is 3.83. The van der Waals surface area contributed by atoms with Crippen molar-refractivity contribution in [2.45, 2.75) is 41.5 Å². The van der Waals surface area contributed by atoms with Crippen LogP contribution in [-0.2, 0) is 4.74 Å². The highest BCUT2D eigenvalue weighted by molar-refractivity contribution is 5.88. The number of hydrogen-bond acceptors (Lipinski definition) is 2. The van der Waals surface area contributed by atoms with Crippen LogP contribution in [0.3, 0.4) is 0 Å². The molecule has 0 saturated carbocycles. The number of imidazole rings is 1. The number of esters is 1. The maximum absolute atomic E-state index is 12.5. The Kier molecular flexibility index (Phi) is 4.92. The molecule has 4 heteroatoms. The van der Waals surface area contributed by atoms with Crippen molar-refractivity contribution < 1.29 is 14.1 Å². The van der Waals surface area contributed by atoms with Gasteiger partial charge in [0.25, 0.3) is 12.0 Å². The normalized spacial score (nSPS) is 10.9. The molecule has 0 aliphatic heterocycles. The van der Waals surface area contributed by atoms with E-state index in [1.54, 1.807) is 0 Å². The van der Waals surface area contributed by atoms with Crippen molar-refractivity contribution in [3.63, 3.8) is 0 Å². The number of aromatic nitrogens is 2. The average Bonchev–Trinajstić information content (AvgIpc) is 2.96. The van der Waals surface area contributed by atoms with Crippen LogP contribution in [0.5, 0.6) is 0 Å². The molecular weight excluding hydrogens is 336 g/mol. The molecule has 0 unspecified atom stereocenters. The van der Waals surface area contributed by atoms with Crippen molar-refractivity contribution in [1.29, 1.82) is 0 Å². The Morgan fingerprint density at radius 2 is 1.33 bits per heavy atom. The fourth-order valence-corrected chi connectivity index (χ4v) is 4.10. The molecule has 1 aromatic heterocycles. The third kappa shape index (κ3) is 3.39. The summed E-state index contributed by atoms with van der Waals surface area (Å²) in [5.41, 5.74) is 9.63.